The molecular weight excluding hydrogens is 254 g/mol. The molecule has 1 aromatic rings. The highest BCUT2D eigenvalue weighted by Crippen LogP contribution is 2.41. The van der Waals surface area contributed by atoms with E-state index < -0.39 is 11.8 Å². The van der Waals surface area contributed by atoms with Crippen LogP contribution in [0, 0.1) is 0 Å². The average Bonchev–Trinajstić information content (AvgIpc) is 2.72. The normalized spacial score (nSPS) is 22.9. The van der Waals surface area contributed by atoms with E-state index in [4.69, 9.17) is 5.73 Å². The van der Waals surface area contributed by atoms with Crippen LogP contribution in [0.15, 0.2) is 24.3 Å². The van der Waals surface area contributed by atoms with Crippen molar-refractivity contribution >= 4 is 17.5 Å². The number of amides is 2. The second-order valence-corrected chi connectivity index (χ2v) is 5.47. The zero-order valence-corrected chi connectivity index (χ0v) is 11.3. The minimum Gasteiger partial charge on any atom is -0.370 e. The van der Waals surface area contributed by atoms with Crippen LogP contribution < -0.4 is 16.0 Å². The summed E-state index contributed by atoms with van der Waals surface area (Å²) in [4.78, 5) is 25.8. The fourth-order valence-corrected chi connectivity index (χ4v) is 3.26. The lowest BCUT2D eigenvalue weighted by atomic mass is 9.97. The Morgan fingerprint density at radius 3 is 2.70 bits per heavy atom. The molecule has 106 valence electrons. The molecule has 2 heterocycles. The quantitative estimate of drug-likeness (QED) is 0.853. The first kappa shape index (κ1) is 13.1. The third kappa shape index (κ3) is 2.18. The van der Waals surface area contributed by atoms with Gasteiger partial charge in [0, 0.05) is 18.2 Å². The first-order valence-corrected chi connectivity index (χ1v) is 7.09. The lowest BCUT2D eigenvalue weighted by Crippen LogP contribution is -2.45. The van der Waals surface area contributed by atoms with Gasteiger partial charge in [0.1, 0.15) is 0 Å². The third-order valence-electron chi connectivity index (χ3n) is 4.19. The molecule has 1 atom stereocenters. The Morgan fingerprint density at radius 1 is 1.30 bits per heavy atom. The molecule has 1 aromatic carbocycles. The largest absolute Gasteiger partial charge is 0.370 e. The summed E-state index contributed by atoms with van der Waals surface area (Å²) in [6.07, 6.45) is 1.99. The first-order chi connectivity index (χ1) is 9.68. The third-order valence-corrected chi connectivity index (χ3v) is 4.19. The lowest BCUT2D eigenvalue weighted by Gasteiger charge is -2.32. The molecule has 1 saturated heterocycles. The van der Waals surface area contributed by atoms with E-state index in [1.165, 1.54) is 0 Å². The molecule has 0 saturated carbocycles. The van der Waals surface area contributed by atoms with Crippen molar-refractivity contribution in [2.24, 2.45) is 5.73 Å². The van der Waals surface area contributed by atoms with Gasteiger partial charge in [-0.2, -0.15) is 0 Å². The van der Waals surface area contributed by atoms with E-state index in [0.717, 1.165) is 37.2 Å². The number of anilines is 1. The van der Waals surface area contributed by atoms with Crippen LogP contribution in [-0.2, 0) is 9.59 Å². The van der Waals surface area contributed by atoms with Crippen molar-refractivity contribution < 1.29 is 9.59 Å². The minimum absolute atomic E-state index is 0.0249. The van der Waals surface area contributed by atoms with Crippen LogP contribution in [0.4, 0.5) is 5.69 Å². The summed E-state index contributed by atoms with van der Waals surface area (Å²) in [7, 11) is 0. The smallest absolute Gasteiger partial charge is 0.235 e. The van der Waals surface area contributed by atoms with Crippen molar-refractivity contribution in [3.05, 3.63) is 29.8 Å². The number of primary amides is 1. The predicted octanol–water partition coefficient (Wildman–Crippen LogP) is 0.744. The summed E-state index contributed by atoms with van der Waals surface area (Å²) in [5.41, 5.74) is 7.19. The number of rotatable bonds is 3. The van der Waals surface area contributed by atoms with E-state index in [-0.39, 0.29) is 18.4 Å². The van der Waals surface area contributed by atoms with E-state index in [9.17, 15) is 9.59 Å². The van der Waals surface area contributed by atoms with Crippen LogP contribution in [0.3, 0.4) is 0 Å². The summed E-state index contributed by atoms with van der Waals surface area (Å²) in [5, 5.41) is 3.31. The molecular formula is C15H19N3O2. The number of nitrogens with one attached hydrogen (secondary N) is 1. The number of nitrogens with zero attached hydrogens (tertiary/aromatic N) is 1. The summed E-state index contributed by atoms with van der Waals surface area (Å²) >= 11 is 0. The Hall–Kier alpha value is -1.88. The van der Waals surface area contributed by atoms with Crippen LogP contribution in [0.5, 0.6) is 0 Å². The molecule has 5 nitrogen and oxygen atoms in total. The molecule has 3 rings (SSSR count). The maximum absolute atomic E-state index is 12.7. The number of fused-ring (bicyclic) bond motifs is 1. The molecule has 20 heavy (non-hydrogen) atoms. The highest BCUT2D eigenvalue weighted by Gasteiger charge is 2.41. The zero-order chi connectivity index (χ0) is 14.1. The Labute approximate surface area is 118 Å². The number of piperidine rings is 1. The molecule has 0 aromatic heterocycles. The van der Waals surface area contributed by atoms with E-state index in [2.05, 4.69) is 5.32 Å². The van der Waals surface area contributed by atoms with Gasteiger partial charge in [-0.3, -0.25) is 9.59 Å². The minimum atomic E-state index is -0.426. The number of carbonyl (C=O) groups is 2. The van der Waals surface area contributed by atoms with Gasteiger partial charge < -0.3 is 16.0 Å². The van der Waals surface area contributed by atoms with Crippen LogP contribution in [0.25, 0.3) is 0 Å². The maximum Gasteiger partial charge on any atom is 0.235 e. The molecule has 3 N–H and O–H groups in total. The summed E-state index contributed by atoms with van der Waals surface area (Å²) in [6, 6.07) is 7.97. The van der Waals surface area contributed by atoms with Crippen molar-refractivity contribution in [3.63, 3.8) is 0 Å². The lowest BCUT2D eigenvalue weighted by molar-refractivity contribution is -0.124. The van der Waals surface area contributed by atoms with Gasteiger partial charge in [0.2, 0.25) is 11.8 Å². The number of nitrogens with two attached hydrogens (primary N) is 1. The monoisotopic (exact) mass is 273 g/mol. The molecule has 1 fully saturated rings. The number of hydrogen-bond acceptors (Lipinski definition) is 3. The van der Waals surface area contributed by atoms with Gasteiger partial charge in [-0.1, -0.05) is 18.2 Å². The summed E-state index contributed by atoms with van der Waals surface area (Å²) in [5.74, 6) is -0.805. The molecule has 0 aliphatic carbocycles. The predicted molar refractivity (Wildman–Crippen MR) is 76.4 cm³/mol. The van der Waals surface area contributed by atoms with Crippen LogP contribution in [0.1, 0.15) is 30.7 Å². The number of para-hydroxylation sites is 1. The Morgan fingerprint density at radius 2 is 2.00 bits per heavy atom. The second-order valence-electron chi connectivity index (χ2n) is 5.47. The van der Waals surface area contributed by atoms with E-state index in [1.807, 2.05) is 29.2 Å². The van der Waals surface area contributed by atoms with Crippen molar-refractivity contribution in [1.29, 1.82) is 0 Å². The number of benzene rings is 1. The van der Waals surface area contributed by atoms with Crippen molar-refractivity contribution in [3.8, 4) is 0 Å². The molecule has 5 heteroatoms. The summed E-state index contributed by atoms with van der Waals surface area (Å²) in [6.45, 7) is 1.86. The van der Waals surface area contributed by atoms with Gasteiger partial charge in [-0.05, 0) is 37.6 Å². The van der Waals surface area contributed by atoms with E-state index in [1.54, 1.807) is 0 Å². The Balaban J connectivity index is 1.95. The van der Waals surface area contributed by atoms with Crippen molar-refractivity contribution in [2.45, 2.75) is 31.2 Å². The van der Waals surface area contributed by atoms with Gasteiger partial charge in [0.25, 0.3) is 0 Å². The van der Waals surface area contributed by atoms with Gasteiger partial charge in [0.05, 0.1) is 5.92 Å². The highest BCUT2D eigenvalue weighted by atomic mass is 16.2. The number of hydrogen-bond donors (Lipinski definition) is 2. The molecule has 1 unspecified atom stereocenters. The highest BCUT2D eigenvalue weighted by molar-refractivity contribution is 6.07. The maximum atomic E-state index is 12.7. The molecule has 2 amide bonds. The van der Waals surface area contributed by atoms with Gasteiger partial charge in [0.15, 0.2) is 0 Å². The molecule has 0 bridgehead atoms. The van der Waals surface area contributed by atoms with Crippen molar-refractivity contribution in [1.82, 2.24) is 5.32 Å². The van der Waals surface area contributed by atoms with E-state index in [0.29, 0.717) is 0 Å². The van der Waals surface area contributed by atoms with Crippen LogP contribution >= 0.6 is 0 Å². The standard InChI is InChI=1S/C15H19N3O2/c16-14(19)9-12-11-3-1-2-4-13(11)18(15(12)20)10-5-7-17-8-6-10/h1-4,10,12,17H,5-9H2,(H2,16,19). The SMILES string of the molecule is NC(=O)CC1C(=O)N(C2CCNCC2)c2ccccc21. The fraction of sp³-hybridized carbons (Fsp3) is 0.467. The molecule has 2 aliphatic heterocycles. The Bertz CT molecular complexity index is 538. The van der Waals surface area contributed by atoms with Crippen molar-refractivity contribution in [2.75, 3.05) is 18.0 Å². The van der Waals surface area contributed by atoms with Crippen LogP contribution in [0.2, 0.25) is 0 Å². The zero-order valence-electron chi connectivity index (χ0n) is 11.3. The second kappa shape index (κ2) is 5.25. The number of carbonyl (C=O) groups excluding carboxylic acids is 2. The van der Waals surface area contributed by atoms with E-state index >= 15 is 0 Å². The molecule has 0 spiro atoms. The topological polar surface area (TPSA) is 75.4 Å². The molecule has 2 aliphatic rings. The van der Waals surface area contributed by atoms with Gasteiger partial charge in [-0.25, -0.2) is 0 Å². The fourth-order valence-electron chi connectivity index (χ4n) is 3.26. The molecule has 0 radical (unpaired) electrons. The summed E-state index contributed by atoms with van der Waals surface area (Å²) < 4.78 is 0. The van der Waals surface area contributed by atoms with Crippen LogP contribution in [-0.4, -0.2) is 30.9 Å². The average molecular weight is 273 g/mol. The first-order valence-electron chi connectivity index (χ1n) is 7.09. The Kier molecular flexibility index (Phi) is 3.44. The van der Waals surface area contributed by atoms with Gasteiger partial charge >= 0.3 is 0 Å². The van der Waals surface area contributed by atoms with Gasteiger partial charge in [-0.15, -0.1) is 0 Å².